The first-order valence-electron chi connectivity index (χ1n) is 6.24. The molecule has 0 radical (unpaired) electrons. The van der Waals surface area contributed by atoms with E-state index in [1.54, 1.807) is 12.4 Å². The molecule has 0 aromatic carbocycles. The van der Waals surface area contributed by atoms with Crippen LogP contribution < -0.4 is 4.90 Å². The van der Waals surface area contributed by atoms with Crippen LogP contribution in [0.15, 0.2) is 24.5 Å². The summed E-state index contributed by atoms with van der Waals surface area (Å²) in [5.74, 6) is -0.0207. The molecule has 1 N–H and O–H groups in total. The van der Waals surface area contributed by atoms with Gasteiger partial charge in [-0.15, -0.1) is 0 Å². The zero-order valence-corrected chi connectivity index (χ0v) is 10.5. The van der Waals surface area contributed by atoms with E-state index in [9.17, 15) is 9.90 Å². The van der Waals surface area contributed by atoms with Crippen molar-refractivity contribution >= 4 is 23.0 Å². The van der Waals surface area contributed by atoms with E-state index in [1.807, 2.05) is 24.0 Å². The van der Waals surface area contributed by atoms with Gasteiger partial charge >= 0.3 is 5.97 Å². The largest absolute Gasteiger partial charge is 0.480 e. The lowest BCUT2D eigenvalue weighted by atomic mass is 10.0. The van der Waals surface area contributed by atoms with E-state index >= 15 is 0 Å². The Kier molecular flexibility index (Phi) is 2.77. The summed E-state index contributed by atoms with van der Waals surface area (Å²) < 4.78 is 0. The molecule has 2 unspecified atom stereocenters. The van der Waals surface area contributed by atoms with Crippen molar-refractivity contribution in [3.05, 3.63) is 24.5 Å². The Morgan fingerprint density at radius 2 is 2.16 bits per heavy atom. The summed E-state index contributed by atoms with van der Waals surface area (Å²) in [7, 11) is 0. The molecule has 3 heterocycles. The molecule has 6 heteroatoms. The Morgan fingerprint density at radius 3 is 2.95 bits per heavy atom. The SMILES string of the molecule is CC1CCN(c2ccc3nccnc3n2)C1C(=O)O. The first-order valence-corrected chi connectivity index (χ1v) is 6.24. The van der Waals surface area contributed by atoms with Crippen LogP contribution in [-0.2, 0) is 4.79 Å². The number of aromatic nitrogens is 3. The highest BCUT2D eigenvalue weighted by atomic mass is 16.4. The van der Waals surface area contributed by atoms with Crippen LogP contribution in [0.3, 0.4) is 0 Å². The van der Waals surface area contributed by atoms with Crippen LogP contribution in [0.1, 0.15) is 13.3 Å². The lowest BCUT2D eigenvalue weighted by molar-refractivity contribution is -0.139. The van der Waals surface area contributed by atoms with Gasteiger partial charge in [-0.05, 0) is 24.5 Å². The molecule has 1 aliphatic rings. The highest BCUT2D eigenvalue weighted by Gasteiger charge is 2.37. The number of carboxylic acids is 1. The topological polar surface area (TPSA) is 79.2 Å². The van der Waals surface area contributed by atoms with Gasteiger partial charge in [-0.1, -0.05) is 6.92 Å². The van der Waals surface area contributed by atoms with Crippen LogP contribution in [0.25, 0.3) is 11.2 Å². The van der Waals surface area contributed by atoms with Gasteiger partial charge in [0.1, 0.15) is 17.4 Å². The Hall–Kier alpha value is -2.24. The normalized spacial score (nSPS) is 22.9. The smallest absolute Gasteiger partial charge is 0.326 e. The van der Waals surface area contributed by atoms with Crippen LogP contribution in [0.5, 0.6) is 0 Å². The Morgan fingerprint density at radius 1 is 1.37 bits per heavy atom. The predicted octanol–water partition coefficient (Wildman–Crippen LogP) is 1.32. The van der Waals surface area contributed by atoms with Gasteiger partial charge in [0.25, 0.3) is 0 Å². The first-order chi connectivity index (χ1) is 9.16. The molecule has 1 aliphatic heterocycles. The third kappa shape index (κ3) is 1.99. The third-order valence-electron chi connectivity index (χ3n) is 3.56. The standard InChI is InChI=1S/C13H14N4O2/c1-8-4-7-17(11(8)13(18)19)10-3-2-9-12(16-10)15-6-5-14-9/h2-3,5-6,8,11H,4,7H2,1H3,(H,18,19). The van der Waals surface area contributed by atoms with Gasteiger partial charge in [-0.25, -0.2) is 14.8 Å². The monoisotopic (exact) mass is 258 g/mol. The summed E-state index contributed by atoms with van der Waals surface area (Å²) in [5.41, 5.74) is 1.26. The summed E-state index contributed by atoms with van der Waals surface area (Å²) in [6.07, 6.45) is 4.05. The molecule has 0 amide bonds. The second-order valence-electron chi connectivity index (χ2n) is 4.81. The number of aliphatic carboxylic acids is 1. The zero-order valence-electron chi connectivity index (χ0n) is 10.5. The molecule has 0 saturated carbocycles. The van der Waals surface area contributed by atoms with Crippen molar-refractivity contribution in [1.82, 2.24) is 15.0 Å². The van der Waals surface area contributed by atoms with E-state index in [1.165, 1.54) is 0 Å². The summed E-state index contributed by atoms with van der Waals surface area (Å²) >= 11 is 0. The molecule has 1 saturated heterocycles. The number of carboxylic acid groups (broad SMARTS) is 1. The van der Waals surface area contributed by atoms with E-state index < -0.39 is 12.0 Å². The molecule has 0 spiro atoms. The number of anilines is 1. The van der Waals surface area contributed by atoms with Crippen molar-refractivity contribution in [2.45, 2.75) is 19.4 Å². The maximum Gasteiger partial charge on any atom is 0.326 e. The van der Waals surface area contributed by atoms with E-state index in [0.29, 0.717) is 23.5 Å². The maximum atomic E-state index is 11.4. The highest BCUT2D eigenvalue weighted by Crippen LogP contribution is 2.29. The molecular weight excluding hydrogens is 244 g/mol. The molecule has 1 fully saturated rings. The number of hydrogen-bond donors (Lipinski definition) is 1. The lowest BCUT2D eigenvalue weighted by Gasteiger charge is -2.24. The van der Waals surface area contributed by atoms with Gasteiger partial charge in [0.15, 0.2) is 5.65 Å². The minimum atomic E-state index is -0.800. The number of carbonyl (C=O) groups is 1. The second-order valence-corrected chi connectivity index (χ2v) is 4.81. The van der Waals surface area contributed by atoms with Gasteiger partial charge in [-0.3, -0.25) is 4.98 Å². The average Bonchev–Trinajstić information content (AvgIpc) is 2.80. The quantitative estimate of drug-likeness (QED) is 0.875. The number of fused-ring (bicyclic) bond motifs is 1. The fourth-order valence-electron chi connectivity index (χ4n) is 2.58. The zero-order chi connectivity index (χ0) is 13.4. The summed E-state index contributed by atoms with van der Waals surface area (Å²) in [6.45, 7) is 2.66. The fourth-order valence-corrected chi connectivity index (χ4v) is 2.58. The minimum absolute atomic E-state index is 0.122. The number of nitrogens with zero attached hydrogens (tertiary/aromatic N) is 4. The maximum absolute atomic E-state index is 11.4. The van der Waals surface area contributed by atoms with Gasteiger partial charge < -0.3 is 10.0 Å². The molecule has 2 aromatic rings. The fraction of sp³-hybridized carbons (Fsp3) is 0.385. The summed E-state index contributed by atoms with van der Waals surface area (Å²) in [6, 6.07) is 3.12. The number of pyridine rings is 1. The van der Waals surface area contributed by atoms with Crippen LogP contribution in [0.4, 0.5) is 5.82 Å². The Labute approximate surface area is 110 Å². The van der Waals surface area contributed by atoms with Crippen LogP contribution in [0, 0.1) is 5.92 Å². The van der Waals surface area contributed by atoms with Crippen molar-refractivity contribution in [1.29, 1.82) is 0 Å². The summed E-state index contributed by atoms with van der Waals surface area (Å²) in [4.78, 5) is 25.9. The van der Waals surface area contributed by atoms with E-state index in [2.05, 4.69) is 15.0 Å². The Bertz CT molecular complexity index is 631. The molecule has 6 nitrogen and oxygen atoms in total. The van der Waals surface area contributed by atoms with Gasteiger partial charge in [0.05, 0.1) is 0 Å². The number of rotatable bonds is 2. The van der Waals surface area contributed by atoms with Crippen molar-refractivity contribution in [3.63, 3.8) is 0 Å². The average molecular weight is 258 g/mol. The van der Waals surface area contributed by atoms with Crippen LogP contribution in [-0.4, -0.2) is 38.6 Å². The molecule has 19 heavy (non-hydrogen) atoms. The molecule has 0 bridgehead atoms. The van der Waals surface area contributed by atoms with E-state index in [-0.39, 0.29) is 5.92 Å². The van der Waals surface area contributed by atoms with Crippen molar-refractivity contribution in [2.75, 3.05) is 11.4 Å². The third-order valence-corrected chi connectivity index (χ3v) is 3.56. The molecule has 3 rings (SSSR count). The Balaban J connectivity index is 2.01. The predicted molar refractivity (Wildman–Crippen MR) is 69.9 cm³/mol. The highest BCUT2D eigenvalue weighted by molar-refractivity contribution is 5.80. The van der Waals surface area contributed by atoms with Gasteiger partial charge in [0, 0.05) is 18.9 Å². The van der Waals surface area contributed by atoms with Crippen LogP contribution >= 0.6 is 0 Å². The van der Waals surface area contributed by atoms with Crippen molar-refractivity contribution in [3.8, 4) is 0 Å². The molecule has 0 aliphatic carbocycles. The van der Waals surface area contributed by atoms with Crippen molar-refractivity contribution < 1.29 is 9.90 Å². The molecule has 98 valence electrons. The van der Waals surface area contributed by atoms with E-state index in [0.717, 1.165) is 6.42 Å². The molecule has 2 aromatic heterocycles. The number of hydrogen-bond acceptors (Lipinski definition) is 5. The molecule has 2 atom stereocenters. The summed E-state index contributed by atoms with van der Waals surface area (Å²) in [5, 5.41) is 9.33. The minimum Gasteiger partial charge on any atom is -0.480 e. The first kappa shape index (κ1) is 11.8. The van der Waals surface area contributed by atoms with Crippen molar-refractivity contribution in [2.24, 2.45) is 5.92 Å². The second kappa shape index (κ2) is 4.46. The lowest BCUT2D eigenvalue weighted by Crippen LogP contribution is -2.39. The van der Waals surface area contributed by atoms with Gasteiger partial charge in [0.2, 0.25) is 0 Å². The van der Waals surface area contributed by atoms with Gasteiger partial charge in [-0.2, -0.15) is 0 Å². The molecular formula is C13H14N4O2. The van der Waals surface area contributed by atoms with E-state index in [4.69, 9.17) is 0 Å². The van der Waals surface area contributed by atoms with Crippen LogP contribution in [0.2, 0.25) is 0 Å².